The van der Waals surface area contributed by atoms with E-state index in [0.29, 0.717) is 12.1 Å². The zero-order chi connectivity index (χ0) is 15.1. The molecule has 0 fully saturated rings. The van der Waals surface area contributed by atoms with Crippen LogP contribution in [0.15, 0.2) is 29.3 Å². The molecule has 4 heteroatoms. The molecule has 0 saturated carbocycles. The van der Waals surface area contributed by atoms with Crippen molar-refractivity contribution in [3.8, 4) is 0 Å². The lowest BCUT2D eigenvalue weighted by molar-refractivity contribution is -0.114. The molecule has 0 radical (unpaired) electrons. The van der Waals surface area contributed by atoms with Gasteiger partial charge >= 0.3 is 0 Å². The Bertz CT molecular complexity index is 545. The van der Waals surface area contributed by atoms with Gasteiger partial charge in [0.2, 0.25) is 0 Å². The number of aliphatic hydroxyl groups is 1. The summed E-state index contributed by atoms with van der Waals surface area (Å²) in [4.78, 5) is 15.6. The Kier molecular flexibility index (Phi) is 6.12. The number of carbonyl (C=O) groups excluding carboxylic acids is 1. The van der Waals surface area contributed by atoms with Gasteiger partial charge in [0.05, 0.1) is 0 Å². The molecule has 108 valence electrons. The molecule has 0 bridgehead atoms. The molecule has 1 aromatic rings. The van der Waals surface area contributed by atoms with E-state index in [1.807, 2.05) is 19.9 Å². The summed E-state index contributed by atoms with van der Waals surface area (Å²) in [5, 5.41) is 11.5. The maximum Gasteiger partial charge on any atom is 0.265 e. The van der Waals surface area contributed by atoms with Crippen molar-refractivity contribution in [2.24, 2.45) is 4.99 Å². The monoisotopic (exact) mass is 274 g/mol. The van der Waals surface area contributed by atoms with Crippen LogP contribution in [0.25, 0.3) is 5.57 Å². The van der Waals surface area contributed by atoms with Gasteiger partial charge in [-0.05, 0) is 43.0 Å². The highest BCUT2D eigenvalue weighted by Gasteiger charge is 2.12. The highest BCUT2D eigenvalue weighted by molar-refractivity contribution is 6.39. The molecule has 2 N–H and O–H groups in total. The van der Waals surface area contributed by atoms with Crippen LogP contribution in [0.5, 0.6) is 0 Å². The second kappa shape index (κ2) is 7.60. The van der Waals surface area contributed by atoms with Gasteiger partial charge in [-0.15, -0.1) is 0 Å². The zero-order valence-electron chi connectivity index (χ0n) is 12.5. The van der Waals surface area contributed by atoms with Crippen molar-refractivity contribution >= 4 is 17.2 Å². The first kappa shape index (κ1) is 16.1. The standard InChI is InChI=1S/C16H22N2O2/c1-5-11(2)13-7-6-12(3)14(8-13)9-15(18-10-19)16(20)17-4/h5-8,19H,9-10H2,1-4H3,(H,17,20)/b11-5+,18-15?. The van der Waals surface area contributed by atoms with E-state index in [1.54, 1.807) is 7.05 Å². The number of hydrogen-bond donors (Lipinski definition) is 2. The van der Waals surface area contributed by atoms with Crippen molar-refractivity contribution in [3.05, 3.63) is 41.0 Å². The molecule has 0 aliphatic rings. The van der Waals surface area contributed by atoms with Crippen molar-refractivity contribution in [2.45, 2.75) is 27.2 Å². The minimum atomic E-state index is -0.380. The molecule has 0 saturated heterocycles. The number of aliphatic imine (C=N–C) groups is 1. The van der Waals surface area contributed by atoms with E-state index in [2.05, 4.69) is 35.4 Å². The summed E-state index contributed by atoms with van der Waals surface area (Å²) >= 11 is 0. The van der Waals surface area contributed by atoms with Crippen LogP contribution >= 0.6 is 0 Å². The first-order valence-electron chi connectivity index (χ1n) is 6.62. The van der Waals surface area contributed by atoms with Gasteiger partial charge in [-0.1, -0.05) is 24.3 Å². The predicted octanol–water partition coefficient (Wildman–Crippen LogP) is 2.10. The van der Waals surface area contributed by atoms with Gasteiger partial charge in [-0.2, -0.15) is 0 Å². The highest BCUT2D eigenvalue weighted by Crippen LogP contribution is 2.19. The summed E-state index contributed by atoms with van der Waals surface area (Å²) in [6.07, 6.45) is 2.47. The summed E-state index contributed by atoms with van der Waals surface area (Å²) < 4.78 is 0. The van der Waals surface area contributed by atoms with E-state index in [-0.39, 0.29) is 12.6 Å². The lowest BCUT2D eigenvalue weighted by Crippen LogP contribution is -2.29. The van der Waals surface area contributed by atoms with Gasteiger partial charge in [0.1, 0.15) is 12.4 Å². The molecule has 1 rings (SSSR count). The topological polar surface area (TPSA) is 61.7 Å². The molecular formula is C16H22N2O2. The Morgan fingerprint density at radius 3 is 2.70 bits per heavy atom. The Morgan fingerprint density at radius 2 is 2.15 bits per heavy atom. The number of nitrogens with one attached hydrogen (secondary N) is 1. The van der Waals surface area contributed by atoms with E-state index in [9.17, 15) is 4.79 Å². The number of amides is 1. The van der Waals surface area contributed by atoms with E-state index < -0.39 is 0 Å². The number of hydrogen-bond acceptors (Lipinski definition) is 3. The van der Waals surface area contributed by atoms with Gasteiger partial charge in [0.25, 0.3) is 5.91 Å². The summed E-state index contributed by atoms with van der Waals surface area (Å²) in [6.45, 7) is 5.67. The molecular weight excluding hydrogens is 252 g/mol. The summed E-state index contributed by atoms with van der Waals surface area (Å²) in [6, 6.07) is 6.18. The van der Waals surface area contributed by atoms with Gasteiger partial charge in [-0.25, -0.2) is 0 Å². The smallest absolute Gasteiger partial charge is 0.265 e. The van der Waals surface area contributed by atoms with Crippen LogP contribution in [0.4, 0.5) is 0 Å². The molecule has 0 unspecified atom stereocenters. The minimum absolute atomic E-state index is 0.258. The quantitative estimate of drug-likeness (QED) is 0.808. The number of nitrogens with zero attached hydrogens (tertiary/aromatic N) is 1. The summed E-state index contributed by atoms with van der Waals surface area (Å²) in [5.41, 5.74) is 4.81. The first-order chi connectivity index (χ1) is 9.53. The summed E-state index contributed by atoms with van der Waals surface area (Å²) in [5.74, 6) is -0.258. The third kappa shape index (κ3) is 4.03. The third-order valence-electron chi connectivity index (χ3n) is 3.35. The molecule has 4 nitrogen and oxygen atoms in total. The van der Waals surface area contributed by atoms with Crippen LogP contribution in [0.3, 0.4) is 0 Å². The Morgan fingerprint density at radius 1 is 1.45 bits per heavy atom. The number of aliphatic hydroxyl groups excluding tert-OH is 1. The van der Waals surface area contributed by atoms with Crippen molar-refractivity contribution in [3.63, 3.8) is 0 Å². The van der Waals surface area contributed by atoms with Crippen molar-refractivity contribution in [2.75, 3.05) is 13.8 Å². The third-order valence-corrected chi connectivity index (χ3v) is 3.35. The molecule has 0 aromatic heterocycles. The van der Waals surface area contributed by atoms with Crippen LogP contribution < -0.4 is 5.32 Å². The van der Waals surface area contributed by atoms with Gasteiger partial charge < -0.3 is 10.4 Å². The van der Waals surface area contributed by atoms with Crippen LogP contribution in [0.2, 0.25) is 0 Å². The first-order valence-corrected chi connectivity index (χ1v) is 6.62. The predicted molar refractivity (Wildman–Crippen MR) is 82.8 cm³/mol. The molecule has 0 atom stereocenters. The maximum atomic E-state index is 11.7. The normalized spacial score (nSPS) is 12.4. The average Bonchev–Trinajstić information content (AvgIpc) is 2.47. The molecule has 0 aliphatic carbocycles. The fourth-order valence-corrected chi connectivity index (χ4v) is 1.89. The number of aryl methyl sites for hydroxylation is 1. The molecule has 1 aromatic carbocycles. The Labute approximate surface area is 120 Å². The van der Waals surface area contributed by atoms with Crippen molar-refractivity contribution < 1.29 is 9.90 Å². The Hall–Kier alpha value is -1.94. The number of rotatable bonds is 5. The van der Waals surface area contributed by atoms with E-state index in [0.717, 1.165) is 16.7 Å². The van der Waals surface area contributed by atoms with Gasteiger partial charge in [-0.3, -0.25) is 9.79 Å². The minimum Gasteiger partial charge on any atom is -0.375 e. The van der Waals surface area contributed by atoms with E-state index >= 15 is 0 Å². The summed E-state index contributed by atoms with van der Waals surface area (Å²) in [7, 11) is 1.56. The molecule has 20 heavy (non-hydrogen) atoms. The number of allylic oxidation sites excluding steroid dienone is 2. The van der Waals surface area contributed by atoms with E-state index in [1.165, 1.54) is 5.57 Å². The number of carbonyl (C=O) groups is 1. The van der Waals surface area contributed by atoms with Crippen LogP contribution in [-0.4, -0.2) is 30.5 Å². The second-order valence-electron chi connectivity index (χ2n) is 4.62. The maximum absolute atomic E-state index is 11.7. The lowest BCUT2D eigenvalue weighted by atomic mass is 9.97. The van der Waals surface area contributed by atoms with Gasteiger partial charge in [0.15, 0.2) is 0 Å². The largest absolute Gasteiger partial charge is 0.375 e. The fraction of sp³-hybridized carbons (Fsp3) is 0.375. The van der Waals surface area contributed by atoms with Crippen LogP contribution in [0, 0.1) is 6.92 Å². The molecule has 0 heterocycles. The molecule has 0 spiro atoms. The highest BCUT2D eigenvalue weighted by atomic mass is 16.3. The van der Waals surface area contributed by atoms with Crippen LogP contribution in [0.1, 0.15) is 30.5 Å². The van der Waals surface area contributed by atoms with E-state index in [4.69, 9.17) is 5.11 Å². The SMILES string of the molecule is C/C=C(\C)c1ccc(C)c(CC(=NCO)C(=O)NC)c1. The van der Waals surface area contributed by atoms with Gasteiger partial charge in [0, 0.05) is 13.5 Å². The number of benzene rings is 1. The zero-order valence-corrected chi connectivity index (χ0v) is 12.5. The molecule has 0 aliphatic heterocycles. The molecule has 1 amide bonds. The average molecular weight is 274 g/mol. The Balaban J connectivity index is 3.12. The lowest BCUT2D eigenvalue weighted by Gasteiger charge is -2.11. The van der Waals surface area contributed by atoms with Crippen molar-refractivity contribution in [1.29, 1.82) is 0 Å². The van der Waals surface area contributed by atoms with Crippen molar-refractivity contribution in [1.82, 2.24) is 5.32 Å². The fourth-order valence-electron chi connectivity index (χ4n) is 1.89. The van der Waals surface area contributed by atoms with Crippen LogP contribution in [-0.2, 0) is 11.2 Å². The second-order valence-corrected chi connectivity index (χ2v) is 4.62.